The van der Waals surface area contributed by atoms with E-state index >= 15 is 0 Å². The topological polar surface area (TPSA) is 59.0 Å². The fourth-order valence-corrected chi connectivity index (χ4v) is 4.33. The number of alkyl halides is 3. The molecular weight excluding hydrogens is 425 g/mol. The molecule has 1 aliphatic rings. The van der Waals surface area contributed by atoms with Gasteiger partial charge in [-0.2, -0.15) is 18.3 Å². The summed E-state index contributed by atoms with van der Waals surface area (Å²) in [7, 11) is 0. The van der Waals surface area contributed by atoms with Gasteiger partial charge in [-0.3, -0.25) is 4.79 Å². The quantitative estimate of drug-likeness (QED) is 0.587. The second-order valence-electron chi connectivity index (χ2n) is 6.63. The number of anilines is 1. The number of hydrogen-bond donors (Lipinski definition) is 2. The van der Waals surface area contributed by atoms with Gasteiger partial charge in [-0.15, -0.1) is 11.3 Å². The Morgan fingerprint density at radius 3 is 2.69 bits per heavy atom. The molecule has 10 heteroatoms. The fourth-order valence-electron chi connectivity index (χ4n) is 3.27. The molecule has 0 radical (unpaired) electrons. The number of benzene rings is 1. The summed E-state index contributed by atoms with van der Waals surface area (Å²) in [6, 6.07) is 10.3. The first-order chi connectivity index (χ1) is 13.8. The van der Waals surface area contributed by atoms with Gasteiger partial charge in [0.25, 0.3) is 5.91 Å². The molecular formula is C19H16ClF3N4OS. The summed E-state index contributed by atoms with van der Waals surface area (Å²) in [6.07, 6.45) is -4.76. The number of aromatic nitrogens is 2. The van der Waals surface area contributed by atoms with E-state index in [-0.39, 0.29) is 29.5 Å². The summed E-state index contributed by atoms with van der Waals surface area (Å²) in [4.78, 5) is 13.3. The van der Waals surface area contributed by atoms with Gasteiger partial charge in [0.15, 0.2) is 11.7 Å². The molecule has 3 heterocycles. The normalized spacial score (nSPS) is 18.8. The van der Waals surface area contributed by atoms with Crippen LogP contribution in [-0.2, 0) is 6.54 Å². The van der Waals surface area contributed by atoms with Crippen molar-refractivity contribution in [1.82, 2.24) is 15.1 Å². The molecule has 2 atom stereocenters. The van der Waals surface area contributed by atoms with Crippen molar-refractivity contribution >= 4 is 34.7 Å². The first-order valence-electron chi connectivity index (χ1n) is 8.81. The van der Waals surface area contributed by atoms with E-state index in [2.05, 4.69) is 15.7 Å². The van der Waals surface area contributed by atoms with Crippen LogP contribution in [0.5, 0.6) is 0 Å². The molecule has 1 aromatic carbocycles. The Kier molecular flexibility index (Phi) is 5.26. The number of rotatable bonds is 4. The van der Waals surface area contributed by atoms with Crippen molar-refractivity contribution < 1.29 is 18.0 Å². The Morgan fingerprint density at radius 1 is 1.28 bits per heavy atom. The number of fused-ring (bicyclic) bond motifs is 1. The predicted octanol–water partition coefficient (Wildman–Crippen LogP) is 5.19. The number of carbonyl (C=O) groups excluding carboxylic acids is 1. The van der Waals surface area contributed by atoms with Crippen LogP contribution in [0.25, 0.3) is 0 Å². The maximum Gasteiger partial charge on any atom is 0.410 e. The van der Waals surface area contributed by atoms with Gasteiger partial charge in [-0.05, 0) is 17.0 Å². The van der Waals surface area contributed by atoms with E-state index in [1.54, 1.807) is 17.5 Å². The van der Waals surface area contributed by atoms with Crippen molar-refractivity contribution in [2.45, 2.75) is 31.2 Å². The van der Waals surface area contributed by atoms with E-state index in [0.29, 0.717) is 0 Å². The number of halogens is 4. The van der Waals surface area contributed by atoms with Crippen LogP contribution in [0.2, 0.25) is 5.02 Å². The molecule has 5 nitrogen and oxygen atoms in total. The lowest BCUT2D eigenvalue weighted by molar-refractivity contribution is -0.173. The fraction of sp³-hybridized carbons (Fsp3) is 0.263. The first kappa shape index (κ1) is 19.8. The van der Waals surface area contributed by atoms with Crippen molar-refractivity contribution in [2.24, 2.45) is 0 Å². The van der Waals surface area contributed by atoms with Gasteiger partial charge in [0.05, 0.1) is 6.04 Å². The maximum atomic E-state index is 13.7. The minimum atomic E-state index is -4.53. The van der Waals surface area contributed by atoms with Gasteiger partial charge in [-0.25, -0.2) is 4.68 Å². The SMILES string of the molecule is O=C(NCc1ccccc1)c1nn2c(c1Cl)N[C@@H](c1cccs1)C[C@H]2C(F)(F)F. The first-order valence-corrected chi connectivity index (χ1v) is 10.1. The molecule has 0 spiro atoms. The molecule has 3 aromatic rings. The lowest BCUT2D eigenvalue weighted by Gasteiger charge is -2.32. The number of nitrogens with one attached hydrogen (secondary N) is 2. The molecule has 2 aromatic heterocycles. The lowest BCUT2D eigenvalue weighted by Crippen LogP contribution is -2.35. The number of carbonyl (C=O) groups is 1. The predicted molar refractivity (Wildman–Crippen MR) is 105 cm³/mol. The highest BCUT2D eigenvalue weighted by Gasteiger charge is 2.48. The highest BCUT2D eigenvalue weighted by molar-refractivity contribution is 7.10. The molecule has 0 fully saturated rings. The van der Waals surface area contributed by atoms with Crippen LogP contribution in [0.1, 0.15) is 39.4 Å². The minimum Gasteiger partial charge on any atom is -0.361 e. The zero-order chi connectivity index (χ0) is 20.6. The molecule has 0 bridgehead atoms. The van der Waals surface area contributed by atoms with E-state index in [9.17, 15) is 18.0 Å². The molecule has 0 unspecified atom stereocenters. The van der Waals surface area contributed by atoms with Gasteiger partial charge in [0.1, 0.15) is 10.8 Å². The summed E-state index contributed by atoms with van der Waals surface area (Å²) >= 11 is 7.65. The molecule has 0 saturated heterocycles. The second-order valence-corrected chi connectivity index (χ2v) is 7.99. The van der Waals surface area contributed by atoms with Gasteiger partial charge in [0, 0.05) is 17.8 Å². The van der Waals surface area contributed by atoms with Crippen LogP contribution in [0.3, 0.4) is 0 Å². The molecule has 0 aliphatic carbocycles. The average Bonchev–Trinajstić information content (AvgIpc) is 3.34. The molecule has 2 N–H and O–H groups in total. The highest BCUT2D eigenvalue weighted by Crippen LogP contribution is 2.46. The third-order valence-electron chi connectivity index (χ3n) is 4.69. The summed E-state index contributed by atoms with van der Waals surface area (Å²) in [5.41, 5.74) is 0.621. The smallest absolute Gasteiger partial charge is 0.361 e. The zero-order valence-corrected chi connectivity index (χ0v) is 16.5. The van der Waals surface area contributed by atoms with Crippen molar-refractivity contribution in [3.63, 3.8) is 0 Å². The Bertz CT molecular complexity index is 1000. The van der Waals surface area contributed by atoms with Crippen LogP contribution in [0, 0.1) is 0 Å². The Labute approximate surface area is 173 Å². The summed E-state index contributed by atoms with van der Waals surface area (Å²) in [5, 5.41) is 11.3. The number of thiophene rings is 1. The van der Waals surface area contributed by atoms with Gasteiger partial charge < -0.3 is 10.6 Å². The van der Waals surface area contributed by atoms with Crippen molar-refractivity contribution in [3.8, 4) is 0 Å². The van der Waals surface area contributed by atoms with Crippen LogP contribution in [-0.4, -0.2) is 21.9 Å². The van der Waals surface area contributed by atoms with E-state index in [0.717, 1.165) is 15.1 Å². The lowest BCUT2D eigenvalue weighted by atomic mass is 10.0. The monoisotopic (exact) mass is 440 g/mol. The minimum absolute atomic E-state index is 0.00324. The molecule has 4 rings (SSSR count). The van der Waals surface area contributed by atoms with E-state index in [1.165, 1.54) is 11.3 Å². The summed E-state index contributed by atoms with van der Waals surface area (Å²) < 4.78 is 41.9. The van der Waals surface area contributed by atoms with Gasteiger partial charge in [-0.1, -0.05) is 48.0 Å². The largest absolute Gasteiger partial charge is 0.410 e. The molecule has 152 valence electrons. The summed E-state index contributed by atoms with van der Waals surface area (Å²) in [5.74, 6) is -0.625. The molecule has 29 heavy (non-hydrogen) atoms. The zero-order valence-electron chi connectivity index (χ0n) is 14.9. The van der Waals surface area contributed by atoms with Crippen LogP contribution >= 0.6 is 22.9 Å². The van der Waals surface area contributed by atoms with Crippen LogP contribution < -0.4 is 10.6 Å². The number of amides is 1. The van der Waals surface area contributed by atoms with E-state index in [1.807, 2.05) is 30.3 Å². The number of hydrogen-bond acceptors (Lipinski definition) is 4. The third kappa shape index (κ3) is 3.97. The Balaban J connectivity index is 1.63. The van der Waals surface area contributed by atoms with Crippen molar-refractivity contribution in [2.75, 3.05) is 5.32 Å². The molecule has 1 amide bonds. The van der Waals surface area contributed by atoms with E-state index in [4.69, 9.17) is 11.6 Å². The van der Waals surface area contributed by atoms with Gasteiger partial charge >= 0.3 is 6.18 Å². The van der Waals surface area contributed by atoms with E-state index < -0.39 is 24.2 Å². The second kappa shape index (κ2) is 7.72. The standard InChI is InChI=1S/C19H16ClF3N4OS/c20-15-16(18(28)24-10-11-5-2-1-3-6-11)26-27-14(19(21,22)23)9-12(25-17(15)27)13-7-4-8-29-13/h1-8,12,14,25H,9-10H2,(H,24,28)/t12-,14+/m1/s1. The summed E-state index contributed by atoms with van der Waals surface area (Å²) in [6.45, 7) is 0.214. The van der Waals surface area contributed by atoms with Gasteiger partial charge in [0.2, 0.25) is 0 Å². The van der Waals surface area contributed by atoms with Crippen LogP contribution in [0.4, 0.5) is 19.0 Å². The number of nitrogens with zero attached hydrogens (tertiary/aromatic N) is 2. The molecule has 1 aliphatic heterocycles. The Morgan fingerprint density at radius 2 is 2.03 bits per heavy atom. The van der Waals surface area contributed by atoms with Crippen molar-refractivity contribution in [1.29, 1.82) is 0 Å². The third-order valence-corrected chi connectivity index (χ3v) is 6.04. The molecule has 0 saturated carbocycles. The highest BCUT2D eigenvalue weighted by atomic mass is 35.5. The Hall–Kier alpha value is -2.52. The maximum absolute atomic E-state index is 13.7. The van der Waals surface area contributed by atoms with Crippen LogP contribution in [0.15, 0.2) is 47.8 Å². The van der Waals surface area contributed by atoms with Crippen molar-refractivity contribution in [3.05, 3.63) is 69.0 Å². The average molecular weight is 441 g/mol.